The number of benzene rings is 1. The van der Waals surface area contributed by atoms with Gasteiger partial charge in [-0.1, -0.05) is 0 Å². The number of esters is 1. The number of aromatic carboxylic acids is 1. The van der Waals surface area contributed by atoms with Crippen LogP contribution in [0.2, 0.25) is 0 Å². The number of aliphatic hydroxyl groups excluding tert-OH is 4. The van der Waals surface area contributed by atoms with E-state index >= 15 is 0 Å². The van der Waals surface area contributed by atoms with Crippen LogP contribution in [-0.4, -0.2) is 79.3 Å². The minimum absolute atomic E-state index is 0.156. The third-order valence-corrected chi connectivity index (χ3v) is 4.03. The van der Waals surface area contributed by atoms with Crippen LogP contribution in [0.4, 0.5) is 0 Å². The van der Waals surface area contributed by atoms with Gasteiger partial charge in [0, 0.05) is 18.4 Å². The van der Waals surface area contributed by atoms with Crippen molar-refractivity contribution in [2.24, 2.45) is 0 Å². The van der Waals surface area contributed by atoms with E-state index in [9.17, 15) is 19.2 Å². The molecule has 1 aromatic carbocycles. The molecule has 13 nitrogen and oxygen atoms in total. The van der Waals surface area contributed by atoms with E-state index in [4.69, 9.17) is 39.8 Å². The van der Waals surface area contributed by atoms with E-state index in [1.165, 1.54) is 31.2 Å². The zero-order valence-corrected chi connectivity index (χ0v) is 15.7. The summed E-state index contributed by atoms with van der Waals surface area (Å²) in [7, 11) is 0. The molecule has 2 heterocycles. The van der Waals surface area contributed by atoms with Gasteiger partial charge in [0.2, 0.25) is 0 Å². The van der Waals surface area contributed by atoms with Crippen molar-refractivity contribution in [1.29, 1.82) is 0 Å². The van der Waals surface area contributed by atoms with Crippen molar-refractivity contribution in [3.8, 4) is 5.75 Å². The lowest BCUT2D eigenvalue weighted by molar-refractivity contribution is -0.279. The summed E-state index contributed by atoms with van der Waals surface area (Å²) in [6.07, 6.45) is -8.72. The van der Waals surface area contributed by atoms with Crippen LogP contribution in [0.1, 0.15) is 17.3 Å². The molecule has 1 fully saturated rings. The zero-order valence-electron chi connectivity index (χ0n) is 15.7. The lowest BCUT2D eigenvalue weighted by Gasteiger charge is -2.36. The van der Waals surface area contributed by atoms with Gasteiger partial charge < -0.3 is 44.5 Å². The summed E-state index contributed by atoms with van der Waals surface area (Å²) in [5.41, 5.74) is -1.23. The second-order valence-corrected chi connectivity index (χ2v) is 6.30. The van der Waals surface area contributed by atoms with E-state index in [-0.39, 0.29) is 11.3 Å². The van der Waals surface area contributed by atoms with Gasteiger partial charge in [0.1, 0.15) is 35.2 Å². The zero-order chi connectivity index (χ0) is 23.5. The van der Waals surface area contributed by atoms with E-state index in [2.05, 4.69) is 4.74 Å². The first-order chi connectivity index (χ1) is 14.4. The van der Waals surface area contributed by atoms with Gasteiger partial charge in [-0.15, -0.1) is 0 Å². The molecule has 168 valence electrons. The Morgan fingerprint density at radius 2 is 1.61 bits per heavy atom. The summed E-state index contributed by atoms with van der Waals surface area (Å²) in [6.45, 7) is 1.24. The molecule has 1 aliphatic rings. The average molecular weight is 442 g/mol. The highest BCUT2D eigenvalue weighted by Crippen LogP contribution is 2.21. The monoisotopic (exact) mass is 442 g/mol. The van der Waals surface area contributed by atoms with Crippen molar-refractivity contribution >= 4 is 28.9 Å². The summed E-state index contributed by atoms with van der Waals surface area (Å²) in [4.78, 5) is 43.2. The summed E-state index contributed by atoms with van der Waals surface area (Å²) < 4.78 is 14.0. The molecule has 0 bridgehead atoms. The maximum atomic E-state index is 11.4. The van der Waals surface area contributed by atoms with Crippen molar-refractivity contribution in [2.45, 2.75) is 37.6 Å². The number of fused-ring (bicyclic) bond motifs is 1. The van der Waals surface area contributed by atoms with Crippen LogP contribution in [-0.2, 0) is 14.3 Å². The van der Waals surface area contributed by atoms with Crippen molar-refractivity contribution < 1.29 is 58.9 Å². The SMILES string of the molecule is CC(=O)Oc1ccc2cc(C(=O)O)c(=O)oc2c1.O=C(O)[C@H]1O[C@H](O)[C@H](O)[C@@H](O)[C@H]1O. The molecule has 0 spiro atoms. The van der Waals surface area contributed by atoms with E-state index in [0.29, 0.717) is 5.39 Å². The smallest absolute Gasteiger partial charge is 0.351 e. The summed E-state index contributed by atoms with van der Waals surface area (Å²) in [5, 5.41) is 53.6. The number of rotatable bonds is 3. The first kappa shape index (κ1) is 23.9. The number of hydrogen-bond donors (Lipinski definition) is 6. The van der Waals surface area contributed by atoms with Crippen LogP contribution in [0.25, 0.3) is 11.0 Å². The second kappa shape index (κ2) is 9.63. The van der Waals surface area contributed by atoms with E-state index < -0.39 is 59.8 Å². The molecular weight excluding hydrogens is 424 g/mol. The number of carboxylic acids is 2. The Labute approximate surface area is 172 Å². The van der Waals surface area contributed by atoms with Gasteiger partial charge in [0.15, 0.2) is 12.4 Å². The second-order valence-electron chi connectivity index (χ2n) is 6.30. The number of ether oxygens (including phenoxy) is 2. The van der Waals surface area contributed by atoms with Crippen molar-refractivity contribution in [3.05, 3.63) is 40.2 Å². The Hall–Kier alpha value is -3.36. The third kappa shape index (κ3) is 5.62. The summed E-state index contributed by atoms with van der Waals surface area (Å²) in [5.74, 6) is -3.15. The van der Waals surface area contributed by atoms with Crippen molar-refractivity contribution in [1.82, 2.24) is 0 Å². The molecule has 0 aliphatic carbocycles. The van der Waals surface area contributed by atoms with Crippen LogP contribution in [0.5, 0.6) is 5.75 Å². The predicted octanol–water partition coefficient (Wildman–Crippen LogP) is -1.71. The molecule has 31 heavy (non-hydrogen) atoms. The molecule has 0 amide bonds. The van der Waals surface area contributed by atoms with Crippen molar-refractivity contribution in [2.75, 3.05) is 0 Å². The molecular formula is C18H18O13. The Kier molecular flexibility index (Phi) is 7.43. The van der Waals surface area contributed by atoms with Gasteiger partial charge in [0.05, 0.1) is 0 Å². The Balaban J connectivity index is 0.000000233. The fraction of sp³-hybridized carbons (Fsp3) is 0.333. The number of aliphatic hydroxyl groups is 4. The number of carbonyl (C=O) groups excluding carboxylic acids is 1. The summed E-state index contributed by atoms with van der Waals surface area (Å²) >= 11 is 0. The van der Waals surface area contributed by atoms with Gasteiger partial charge in [-0.2, -0.15) is 0 Å². The molecule has 5 atom stereocenters. The lowest BCUT2D eigenvalue weighted by Crippen LogP contribution is -2.59. The number of hydrogen-bond acceptors (Lipinski definition) is 11. The topological polar surface area (TPSA) is 221 Å². The van der Waals surface area contributed by atoms with Crippen molar-refractivity contribution in [3.63, 3.8) is 0 Å². The molecule has 0 unspecified atom stereocenters. The van der Waals surface area contributed by atoms with Crippen LogP contribution < -0.4 is 10.4 Å². The number of carbonyl (C=O) groups is 3. The number of carboxylic acid groups (broad SMARTS) is 2. The van der Waals surface area contributed by atoms with E-state index in [0.717, 1.165) is 0 Å². The third-order valence-electron chi connectivity index (χ3n) is 4.03. The van der Waals surface area contributed by atoms with Crippen LogP contribution in [0.15, 0.2) is 33.5 Å². The lowest BCUT2D eigenvalue weighted by atomic mass is 9.99. The minimum atomic E-state index is -1.81. The molecule has 3 rings (SSSR count). The van der Waals surface area contributed by atoms with Gasteiger partial charge in [-0.05, 0) is 18.2 Å². The minimum Gasteiger partial charge on any atom is -0.479 e. The molecule has 0 radical (unpaired) electrons. The van der Waals surface area contributed by atoms with Crippen LogP contribution in [0.3, 0.4) is 0 Å². The molecule has 1 saturated heterocycles. The maximum absolute atomic E-state index is 11.4. The van der Waals surface area contributed by atoms with Gasteiger partial charge in [0.25, 0.3) is 0 Å². The first-order valence-corrected chi connectivity index (χ1v) is 8.52. The fourth-order valence-electron chi connectivity index (χ4n) is 2.54. The van der Waals surface area contributed by atoms with Gasteiger partial charge in [-0.25, -0.2) is 14.4 Å². The highest BCUT2D eigenvalue weighted by atomic mass is 16.6. The van der Waals surface area contributed by atoms with Gasteiger partial charge in [-0.3, -0.25) is 4.79 Å². The van der Waals surface area contributed by atoms with E-state index in [1.807, 2.05) is 0 Å². The number of aliphatic carboxylic acids is 1. The standard InChI is InChI=1S/C12H8O6.C6H10O7/c1-6(13)17-8-3-2-7-4-9(11(14)15)12(16)18-10(7)5-8;7-1-2(8)4(5(10)11)13-6(12)3(1)9/h2-5H,1H3,(H,14,15);1-4,6-9,12H,(H,10,11)/t;1-,2+,3+,4-,6-/m.0/s1. The molecule has 0 saturated carbocycles. The molecule has 1 aliphatic heterocycles. The summed E-state index contributed by atoms with van der Waals surface area (Å²) in [6, 6.07) is 5.54. The maximum Gasteiger partial charge on any atom is 0.351 e. The van der Waals surface area contributed by atoms with Crippen LogP contribution >= 0.6 is 0 Å². The van der Waals surface area contributed by atoms with Gasteiger partial charge >= 0.3 is 23.5 Å². The first-order valence-electron chi connectivity index (χ1n) is 8.52. The molecule has 13 heteroatoms. The largest absolute Gasteiger partial charge is 0.479 e. The Bertz CT molecular complexity index is 1040. The fourth-order valence-corrected chi connectivity index (χ4v) is 2.54. The van der Waals surface area contributed by atoms with Crippen LogP contribution in [0, 0.1) is 0 Å². The predicted molar refractivity (Wildman–Crippen MR) is 97.3 cm³/mol. The highest BCUT2D eigenvalue weighted by Gasteiger charge is 2.46. The normalized spacial score (nSPS) is 25.3. The average Bonchev–Trinajstić information content (AvgIpc) is 2.68. The molecule has 1 aromatic heterocycles. The Morgan fingerprint density at radius 1 is 0.968 bits per heavy atom. The molecule has 6 N–H and O–H groups in total. The highest BCUT2D eigenvalue weighted by molar-refractivity contribution is 5.91. The molecule has 2 aromatic rings. The quantitative estimate of drug-likeness (QED) is 0.177. The van der Waals surface area contributed by atoms with E-state index in [1.54, 1.807) is 0 Å². The Morgan fingerprint density at radius 3 is 2.16 bits per heavy atom.